The van der Waals surface area contributed by atoms with Crippen LogP contribution in [0.1, 0.15) is 37.7 Å². The molecular weight excluding hydrogens is 260 g/mol. The predicted molar refractivity (Wildman–Crippen MR) is 84.8 cm³/mol. The molecule has 3 nitrogen and oxygen atoms in total. The molecule has 3 heteroatoms. The second-order valence-corrected chi connectivity index (χ2v) is 6.54. The molecule has 1 aliphatic heterocycles. The first-order chi connectivity index (χ1) is 10.3. The molecule has 1 N–H and O–H groups in total. The van der Waals surface area contributed by atoms with Crippen molar-refractivity contribution in [3.05, 3.63) is 35.9 Å². The van der Waals surface area contributed by atoms with Gasteiger partial charge in [-0.05, 0) is 43.7 Å². The lowest BCUT2D eigenvalue weighted by atomic mass is 9.84. The highest BCUT2D eigenvalue weighted by molar-refractivity contribution is 5.79. The zero-order valence-corrected chi connectivity index (χ0v) is 12.8. The summed E-state index contributed by atoms with van der Waals surface area (Å²) in [5, 5.41) is 3.37. The highest BCUT2D eigenvalue weighted by Crippen LogP contribution is 2.28. The monoisotopic (exact) mass is 286 g/mol. The molecule has 1 amide bonds. The van der Waals surface area contributed by atoms with Crippen LogP contribution in [0.2, 0.25) is 0 Å². The molecule has 3 rings (SSSR count). The molecule has 1 aliphatic carbocycles. The molecule has 0 radical (unpaired) electrons. The van der Waals surface area contributed by atoms with Gasteiger partial charge in [0.25, 0.3) is 0 Å². The number of benzene rings is 1. The third-order valence-corrected chi connectivity index (χ3v) is 4.88. The van der Waals surface area contributed by atoms with Gasteiger partial charge in [-0.25, -0.2) is 0 Å². The Labute approximate surface area is 127 Å². The number of hydrogen-bond donors (Lipinski definition) is 1. The summed E-state index contributed by atoms with van der Waals surface area (Å²) in [7, 11) is 0. The lowest BCUT2D eigenvalue weighted by molar-refractivity contribution is -0.137. The van der Waals surface area contributed by atoms with Gasteiger partial charge in [0.05, 0.1) is 5.92 Å². The Morgan fingerprint density at radius 2 is 1.95 bits per heavy atom. The molecule has 1 unspecified atom stereocenters. The molecular formula is C18H26N2O. The zero-order chi connectivity index (χ0) is 14.5. The van der Waals surface area contributed by atoms with Gasteiger partial charge in [0, 0.05) is 19.6 Å². The topological polar surface area (TPSA) is 32.3 Å². The van der Waals surface area contributed by atoms with Gasteiger partial charge in [-0.2, -0.15) is 0 Å². The SMILES string of the molecule is O=C(C1CCCNC1)N(Cc1ccccc1)CC1CCC1. The summed E-state index contributed by atoms with van der Waals surface area (Å²) in [6.45, 7) is 3.64. The first-order valence-corrected chi connectivity index (χ1v) is 8.36. The molecule has 2 aliphatic rings. The van der Waals surface area contributed by atoms with Crippen molar-refractivity contribution in [3.63, 3.8) is 0 Å². The number of nitrogens with one attached hydrogen (secondary N) is 1. The number of amides is 1. The highest BCUT2D eigenvalue weighted by atomic mass is 16.2. The van der Waals surface area contributed by atoms with Crippen LogP contribution >= 0.6 is 0 Å². The van der Waals surface area contributed by atoms with Crippen LogP contribution in [-0.4, -0.2) is 30.4 Å². The molecule has 1 aromatic rings. The second kappa shape index (κ2) is 7.08. The molecule has 1 heterocycles. The van der Waals surface area contributed by atoms with Crippen LogP contribution in [0.5, 0.6) is 0 Å². The summed E-state index contributed by atoms with van der Waals surface area (Å²) in [6.07, 6.45) is 6.09. The average molecular weight is 286 g/mol. The van der Waals surface area contributed by atoms with Crippen molar-refractivity contribution in [1.82, 2.24) is 10.2 Å². The second-order valence-electron chi connectivity index (χ2n) is 6.54. The van der Waals surface area contributed by atoms with Crippen LogP contribution in [0.15, 0.2) is 30.3 Å². The summed E-state index contributed by atoms with van der Waals surface area (Å²) < 4.78 is 0. The number of carbonyl (C=O) groups is 1. The van der Waals surface area contributed by atoms with E-state index >= 15 is 0 Å². The van der Waals surface area contributed by atoms with Crippen molar-refractivity contribution in [2.75, 3.05) is 19.6 Å². The Morgan fingerprint density at radius 1 is 1.14 bits per heavy atom. The molecule has 21 heavy (non-hydrogen) atoms. The summed E-state index contributed by atoms with van der Waals surface area (Å²) in [6, 6.07) is 10.4. The number of hydrogen-bond acceptors (Lipinski definition) is 2. The molecule has 1 aromatic carbocycles. The molecule has 1 saturated heterocycles. The standard InChI is InChI=1S/C18H26N2O/c21-18(17-10-5-11-19-12-17)20(14-16-8-4-9-16)13-15-6-2-1-3-7-15/h1-3,6-7,16-17,19H,4-5,8-14H2. The van der Waals surface area contributed by atoms with Gasteiger partial charge in [0.1, 0.15) is 0 Å². The Morgan fingerprint density at radius 3 is 2.57 bits per heavy atom. The van der Waals surface area contributed by atoms with Crippen molar-refractivity contribution < 1.29 is 4.79 Å². The molecule has 0 aromatic heterocycles. The van der Waals surface area contributed by atoms with Gasteiger partial charge in [-0.3, -0.25) is 4.79 Å². The van der Waals surface area contributed by atoms with Gasteiger partial charge < -0.3 is 10.2 Å². The van der Waals surface area contributed by atoms with Crippen LogP contribution < -0.4 is 5.32 Å². The van der Waals surface area contributed by atoms with E-state index in [-0.39, 0.29) is 5.92 Å². The summed E-state index contributed by atoms with van der Waals surface area (Å²) in [4.78, 5) is 15.0. The Kier molecular flexibility index (Phi) is 4.91. The molecule has 2 fully saturated rings. The van der Waals surface area contributed by atoms with Crippen molar-refractivity contribution in [2.24, 2.45) is 11.8 Å². The third-order valence-electron chi connectivity index (χ3n) is 4.88. The quantitative estimate of drug-likeness (QED) is 0.902. The fourth-order valence-electron chi connectivity index (χ4n) is 3.34. The van der Waals surface area contributed by atoms with Gasteiger partial charge >= 0.3 is 0 Å². The minimum Gasteiger partial charge on any atom is -0.338 e. The van der Waals surface area contributed by atoms with Crippen molar-refractivity contribution in [2.45, 2.75) is 38.6 Å². The maximum atomic E-state index is 12.9. The highest BCUT2D eigenvalue weighted by Gasteiger charge is 2.29. The van der Waals surface area contributed by atoms with E-state index in [0.717, 1.165) is 44.9 Å². The van der Waals surface area contributed by atoms with Crippen molar-refractivity contribution >= 4 is 5.91 Å². The van der Waals surface area contributed by atoms with Crippen molar-refractivity contribution in [3.8, 4) is 0 Å². The van der Waals surface area contributed by atoms with Crippen LogP contribution in [0, 0.1) is 11.8 Å². The van der Waals surface area contributed by atoms with Crippen LogP contribution in [-0.2, 0) is 11.3 Å². The third kappa shape index (κ3) is 3.85. The molecule has 0 bridgehead atoms. The van der Waals surface area contributed by atoms with Crippen LogP contribution in [0.4, 0.5) is 0 Å². The number of piperidine rings is 1. The number of rotatable bonds is 5. The van der Waals surface area contributed by atoms with E-state index in [1.807, 2.05) is 6.07 Å². The average Bonchev–Trinajstić information content (AvgIpc) is 2.51. The Bertz CT molecular complexity index is 450. The van der Waals surface area contributed by atoms with E-state index < -0.39 is 0 Å². The predicted octanol–water partition coefficient (Wildman–Crippen LogP) is 2.81. The molecule has 1 saturated carbocycles. The first kappa shape index (κ1) is 14.6. The van der Waals surface area contributed by atoms with Crippen molar-refractivity contribution in [1.29, 1.82) is 0 Å². The minimum absolute atomic E-state index is 0.183. The number of carbonyl (C=O) groups excluding carboxylic acids is 1. The molecule has 1 atom stereocenters. The minimum atomic E-state index is 0.183. The Balaban J connectivity index is 1.66. The molecule has 114 valence electrons. The van der Waals surface area contributed by atoms with E-state index in [1.54, 1.807) is 0 Å². The van der Waals surface area contributed by atoms with E-state index in [9.17, 15) is 4.79 Å². The van der Waals surface area contributed by atoms with Crippen LogP contribution in [0.3, 0.4) is 0 Å². The van der Waals surface area contributed by atoms with Gasteiger partial charge in [0.15, 0.2) is 0 Å². The summed E-state index contributed by atoms with van der Waals surface area (Å²) in [5.74, 6) is 1.27. The maximum absolute atomic E-state index is 12.9. The fourth-order valence-corrected chi connectivity index (χ4v) is 3.34. The van der Waals surface area contributed by atoms with Gasteiger partial charge in [0.2, 0.25) is 5.91 Å². The van der Waals surface area contributed by atoms with Gasteiger partial charge in [-0.15, -0.1) is 0 Å². The zero-order valence-electron chi connectivity index (χ0n) is 12.8. The van der Waals surface area contributed by atoms with Crippen LogP contribution in [0.25, 0.3) is 0 Å². The normalized spacial score (nSPS) is 22.6. The molecule has 0 spiro atoms. The largest absolute Gasteiger partial charge is 0.338 e. The maximum Gasteiger partial charge on any atom is 0.227 e. The Hall–Kier alpha value is -1.35. The lowest BCUT2D eigenvalue weighted by Gasteiger charge is -2.35. The summed E-state index contributed by atoms with van der Waals surface area (Å²) >= 11 is 0. The van der Waals surface area contributed by atoms with E-state index in [2.05, 4.69) is 34.5 Å². The summed E-state index contributed by atoms with van der Waals surface area (Å²) in [5.41, 5.74) is 1.24. The fraction of sp³-hybridized carbons (Fsp3) is 0.611. The van der Waals surface area contributed by atoms with Gasteiger partial charge in [-0.1, -0.05) is 36.8 Å². The smallest absolute Gasteiger partial charge is 0.227 e. The number of nitrogens with zero attached hydrogens (tertiary/aromatic N) is 1. The van der Waals surface area contributed by atoms with E-state index in [1.165, 1.54) is 24.8 Å². The first-order valence-electron chi connectivity index (χ1n) is 8.36. The van der Waals surface area contributed by atoms with E-state index in [4.69, 9.17) is 0 Å². The lowest BCUT2D eigenvalue weighted by Crippen LogP contribution is -2.45. The van der Waals surface area contributed by atoms with E-state index in [0.29, 0.717) is 5.91 Å².